The molecule has 0 spiro atoms. The molecule has 2 aromatic heterocycles. The standard InChI is InChI=1S/C15H13N3O4S/c1-8-16-10-3-12-13(22-7-21-12)4-11(10)18(8)5-14-17-9(6-23-14)2-15(19)20/h3-4,6H,2,5,7H2,1H3,(H,19,20). The second kappa shape index (κ2) is 5.24. The highest BCUT2D eigenvalue weighted by atomic mass is 32.1. The van der Waals surface area contributed by atoms with Crippen molar-refractivity contribution in [2.45, 2.75) is 19.9 Å². The lowest BCUT2D eigenvalue weighted by atomic mass is 10.2. The van der Waals surface area contributed by atoms with Crippen molar-refractivity contribution in [2.75, 3.05) is 6.79 Å². The molecule has 1 aliphatic heterocycles. The number of imidazole rings is 1. The van der Waals surface area contributed by atoms with Crippen molar-refractivity contribution >= 4 is 28.3 Å². The van der Waals surface area contributed by atoms with Crippen LogP contribution in [0.4, 0.5) is 0 Å². The molecule has 1 aromatic carbocycles. The maximum absolute atomic E-state index is 10.8. The Morgan fingerprint density at radius 1 is 1.35 bits per heavy atom. The summed E-state index contributed by atoms with van der Waals surface area (Å²) in [5.41, 5.74) is 2.37. The van der Waals surface area contributed by atoms with Gasteiger partial charge in [0.2, 0.25) is 6.79 Å². The van der Waals surface area contributed by atoms with Gasteiger partial charge in [0.1, 0.15) is 10.8 Å². The molecule has 7 nitrogen and oxygen atoms in total. The van der Waals surface area contributed by atoms with E-state index < -0.39 is 5.97 Å². The Kier molecular flexibility index (Phi) is 3.19. The number of ether oxygens (including phenoxy) is 2. The fourth-order valence-electron chi connectivity index (χ4n) is 2.63. The zero-order chi connectivity index (χ0) is 16.0. The van der Waals surface area contributed by atoms with Gasteiger partial charge in [0.25, 0.3) is 0 Å². The smallest absolute Gasteiger partial charge is 0.309 e. The average molecular weight is 331 g/mol. The van der Waals surface area contributed by atoms with E-state index in [1.54, 1.807) is 5.38 Å². The largest absolute Gasteiger partial charge is 0.481 e. The molecule has 23 heavy (non-hydrogen) atoms. The molecule has 0 saturated carbocycles. The van der Waals surface area contributed by atoms with Gasteiger partial charge in [-0.25, -0.2) is 9.97 Å². The predicted molar refractivity (Wildman–Crippen MR) is 83.1 cm³/mol. The van der Waals surface area contributed by atoms with Crippen LogP contribution in [0.15, 0.2) is 17.5 Å². The second-order valence-corrected chi connectivity index (χ2v) is 6.19. The lowest BCUT2D eigenvalue weighted by molar-refractivity contribution is -0.136. The molecule has 0 fully saturated rings. The third-order valence-electron chi connectivity index (χ3n) is 3.66. The zero-order valence-electron chi connectivity index (χ0n) is 12.3. The third-order valence-corrected chi connectivity index (χ3v) is 4.54. The molecule has 3 heterocycles. The number of carboxylic acid groups (broad SMARTS) is 1. The minimum absolute atomic E-state index is 0.0567. The summed E-state index contributed by atoms with van der Waals surface area (Å²) >= 11 is 1.45. The van der Waals surface area contributed by atoms with E-state index in [1.165, 1.54) is 11.3 Å². The highest BCUT2D eigenvalue weighted by Gasteiger charge is 2.18. The number of aliphatic carboxylic acids is 1. The van der Waals surface area contributed by atoms with Crippen LogP contribution in [0.5, 0.6) is 11.5 Å². The average Bonchev–Trinajstić information content (AvgIpc) is 3.17. The molecule has 0 aliphatic carbocycles. The van der Waals surface area contributed by atoms with Crippen molar-refractivity contribution in [1.29, 1.82) is 0 Å². The van der Waals surface area contributed by atoms with Crippen LogP contribution in [-0.2, 0) is 17.8 Å². The summed E-state index contributed by atoms with van der Waals surface area (Å²) in [6.07, 6.45) is -0.0567. The Bertz CT molecular complexity index is 915. The van der Waals surface area contributed by atoms with Gasteiger partial charge in [-0.2, -0.15) is 0 Å². The molecule has 4 rings (SSSR count). The fraction of sp³-hybridized carbons (Fsp3) is 0.267. The first-order chi connectivity index (χ1) is 11.1. The van der Waals surface area contributed by atoms with Crippen LogP contribution in [0.2, 0.25) is 0 Å². The van der Waals surface area contributed by atoms with E-state index in [1.807, 2.05) is 23.6 Å². The molecule has 3 aromatic rings. The molecular weight excluding hydrogens is 318 g/mol. The Balaban J connectivity index is 1.69. The highest BCUT2D eigenvalue weighted by Crippen LogP contribution is 2.36. The van der Waals surface area contributed by atoms with Crippen LogP contribution in [0.1, 0.15) is 16.5 Å². The Morgan fingerprint density at radius 3 is 2.91 bits per heavy atom. The minimum atomic E-state index is -0.876. The minimum Gasteiger partial charge on any atom is -0.481 e. The summed E-state index contributed by atoms with van der Waals surface area (Å²) in [6, 6.07) is 3.79. The lowest BCUT2D eigenvalue weighted by Gasteiger charge is -2.04. The van der Waals surface area contributed by atoms with E-state index in [0.29, 0.717) is 23.7 Å². The number of carbonyl (C=O) groups is 1. The van der Waals surface area contributed by atoms with Crippen molar-refractivity contribution in [1.82, 2.24) is 14.5 Å². The first kappa shape index (κ1) is 14.0. The van der Waals surface area contributed by atoms with Crippen molar-refractivity contribution in [3.05, 3.63) is 34.0 Å². The fourth-order valence-corrected chi connectivity index (χ4v) is 3.41. The van der Waals surface area contributed by atoms with E-state index in [9.17, 15) is 4.79 Å². The summed E-state index contributed by atoms with van der Waals surface area (Å²) in [7, 11) is 0. The maximum Gasteiger partial charge on any atom is 0.309 e. The quantitative estimate of drug-likeness (QED) is 0.789. The molecule has 0 unspecified atom stereocenters. The molecule has 0 atom stereocenters. The van der Waals surface area contributed by atoms with Crippen LogP contribution in [0.25, 0.3) is 11.0 Å². The van der Waals surface area contributed by atoms with Crippen LogP contribution >= 0.6 is 11.3 Å². The SMILES string of the molecule is Cc1nc2cc3c(cc2n1Cc1nc(CC(=O)O)cs1)OCO3. The molecule has 0 saturated heterocycles. The first-order valence-electron chi connectivity index (χ1n) is 7.02. The van der Waals surface area contributed by atoms with Crippen LogP contribution < -0.4 is 9.47 Å². The lowest BCUT2D eigenvalue weighted by Crippen LogP contribution is -2.03. The van der Waals surface area contributed by atoms with Crippen LogP contribution in [-0.4, -0.2) is 32.4 Å². The monoisotopic (exact) mass is 331 g/mol. The van der Waals surface area contributed by atoms with Gasteiger partial charge in [0.05, 0.1) is 29.7 Å². The normalized spacial score (nSPS) is 12.9. The number of fused-ring (bicyclic) bond motifs is 2. The van der Waals surface area contributed by atoms with Gasteiger partial charge >= 0.3 is 5.97 Å². The maximum atomic E-state index is 10.8. The van der Waals surface area contributed by atoms with Gasteiger partial charge < -0.3 is 19.1 Å². The van der Waals surface area contributed by atoms with Crippen molar-refractivity contribution in [2.24, 2.45) is 0 Å². The topological polar surface area (TPSA) is 86.5 Å². The van der Waals surface area contributed by atoms with Crippen LogP contribution in [0, 0.1) is 6.92 Å². The molecule has 118 valence electrons. The summed E-state index contributed by atoms with van der Waals surface area (Å²) in [6.45, 7) is 2.71. The number of hydrogen-bond donors (Lipinski definition) is 1. The molecule has 1 N–H and O–H groups in total. The van der Waals surface area contributed by atoms with E-state index >= 15 is 0 Å². The van der Waals surface area contributed by atoms with Crippen molar-refractivity contribution in [3.63, 3.8) is 0 Å². The highest BCUT2D eigenvalue weighted by molar-refractivity contribution is 7.09. The zero-order valence-corrected chi connectivity index (χ0v) is 13.1. The summed E-state index contributed by atoms with van der Waals surface area (Å²) in [5.74, 6) is 1.40. The van der Waals surface area contributed by atoms with E-state index in [4.69, 9.17) is 14.6 Å². The number of aryl methyl sites for hydroxylation is 1. The summed E-state index contributed by atoms with van der Waals surface area (Å²) < 4.78 is 12.8. The van der Waals surface area contributed by atoms with Crippen molar-refractivity contribution < 1.29 is 19.4 Å². The second-order valence-electron chi connectivity index (χ2n) is 5.24. The Labute approximate surface area is 135 Å². The van der Waals surface area contributed by atoms with E-state index in [-0.39, 0.29) is 13.2 Å². The number of thiazole rings is 1. The van der Waals surface area contributed by atoms with Gasteiger partial charge in [0.15, 0.2) is 11.5 Å². The first-order valence-corrected chi connectivity index (χ1v) is 7.89. The van der Waals surface area contributed by atoms with Gasteiger partial charge in [0, 0.05) is 17.5 Å². The number of carboxylic acids is 1. The summed E-state index contributed by atoms with van der Waals surface area (Å²) in [4.78, 5) is 19.7. The number of rotatable bonds is 4. The number of aromatic nitrogens is 3. The molecular formula is C15H13N3O4S. The molecule has 0 bridgehead atoms. The van der Waals surface area contributed by atoms with Crippen molar-refractivity contribution in [3.8, 4) is 11.5 Å². The van der Waals surface area contributed by atoms with E-state index in [0.717, 1.165) is 21.9 Å². The Morgan fingerprint density at radius 2 is 2.13 bits per heavy atom. The molecule has 0 radical (unpaired) electrons. The third kappa shape index (κ3) is 2.50. The molecule has 1 aliphatic rings. The number of benzene rings is 1. The molecule has 8 heteroatoms. The van der Waals surface area contributed by atoms with Gasteiger partial charge in [-0.05, 0) is 6.92 Å². The van der Waals surface area contributed by atoms with Crippen LogP contribution in [0.3, 0.4) is 0 Å². The number of hydrogen-bond acceptors (Lipinski definition) is 6. The van der Waals surface area contributed by atoms with Gasteiger partial charge in [-0.3, -0.25) is 4.79 Å². The van der Waals surface area contributed by atoms with E-state index in [2.05, 4.69) is 9.97 Å². The predicted octanol–water partition coefficient (Wildman–Crippen LogP) is 2.21. The Hall–Kier alpha value is -2.61. The molecule has 0 amide bonds. The summed E-state index contributed by atoms with van der Waals surface area (Å²) in [5, 5.41) is 11.5. The number of nitrogens with zero attached hydrogens (tertiary/aromatic N) is 3. The van der Waals surface area contributed by atoms with Gasteiger partial charge in [-0.1, -0.05) is 0 Å². The van der Waals surface area contributed by atoms with Gasteiger partial charge in [-0.15, -0.1) is 11.3 Å².